The minimum absolute atomic E-state index is 0.201. The second-order valence-electron chi connectivity index (χ2n) is 5.10. The topological polar surface area (TPSA) is 114 Å². The van der Waals surface area contributed by atoms with Crippen LogP contribution in [-0.2, 0) is 0 Å². The molecule has 0 radical (unpaired) electrons. The minimum Gasteiger partial charge on any atom is -0.359 e. The summed E-state index contributed by atoms with van der Waals surface area (Å²) in [6, 6.07) is 11.0. The highest BCUT2D eigenvalue weighted by molar-refractivity contribution is 5.85. The lowest BCUT2D eigenvalue weighted by atomic mass is 10.2. The standard InChI is InChI=1S/C15H12N4O4/c1-9-6-10-7-11(2-4-13(10)16-9)17-14-5-3-12(18(20)21)8-15(14)19(22)23/h2-8,16-17H,1H3. The lowest BCUT2D eigenvalue weighted by Crippen LogP contribution is -1.98. The second-order valence-corrected chi connectivity index (χ2v) is 5.10. The Kier molecular flexibility index (Phi) is 3.41. The van der Waals surface area contributed by atoms with Crippen LogP contribution >= 0.6 is 0 Å². The maximum absolute atomic E-state index is 11.1. The first-order valence-electron chi connectivity index (χ1n) is 6.73. The molecule has 1 aromatic heterocycles. The lowest BCUT2D eigenvalue weighted by Gasteiger charge is -2.07. The number of nitro groups is 2. The summed E-state index contributed by atoms with van der Waals surface area (Å²) in [6.07, 6.45) is 0. The van der Waals surface area contributed by atoms with Gasteiger partial charge in [0.15, 0.2) is 0 Å². The molecule has 3 aromatic rings. The second kappa shape index (κ2) is 5.41. The van der Waals surface area contributed by atoms with Crippen LogP contribution in [0.5, 0.6) is 0 Å². The van der Waals surface area contributed by atoms with Crippen molar-refractivity contribution in [1.29, 1.82) is 0 Å². The molecular formula is C15H12N4O4. The predicted molar refractivity (Wildman–Crippen MR) is 86.1 cm³/mol. The van der Waals surface area contributed by atoms with E-state index in [9.17, 15) is 20.2 Å². The van der Waals surface area contributed by atoms with E-state index in [0.717, 1.165) is 22.7 Å². The zero-order valence-corrected chi connectivity index (χ0v) is 12.1. The highest BCUT2D eigenvalue weighted by atomic mass is 16.6. The molecule has 0 saturated heterocycles. The number of aromatic amines is 1. The van der Waals surface area contributed by atoms with Crippen molar-refractivity contribution < 1.29 is 9.85 Å². The van der Waals surface area contributed by atoms with Crippen molar-refractivity contribution in [3.63, 3.8) is 0 Å². The summed E-state index contributed by atoms with van der Waals surface area (Å²) in [6.45, 7) is 1.94. The third-order valence-electron chi connectivity index (χ3n) is 3.42. The van der Waals surface area contributed by atoms with Gasteiger partial charge in [-0.3, -0.25) is 20.2 Å². The molecule has 3 rings (SSSR count). The Morgan fingerprint density at radius 2 is 1.78 bits per heavy atom. The zero-order chi connectivity index (χ0) is 16.6. The number of aromatic nitrogens is 1. The van der Waals surface area contributed by atoms with Crippen LogP contribution in [0.2, 0.25) is 0 Å². The number of nitro benzene ring substituents is 2. The van der Waals surface area contributed by atoms with E-state index in [4.69, 9.17) is 0 Å². The number of anilines is 2. The number of hydrogen-bond acceptors (Lipinski definition) is 5. The monoisotopic (exact) mass is 312 g/mol. The molecule has 0 saturated carbocycles. The molecule has 0 amide bonds. The van der Waals surface area contributed by atoms with Crippen LogP contribution in [0.4, 0.5) is 22.7 Å². The molecule has 8 heteroatoms. The molecule has 0 unspecified atom stereocenters. The van der Waals surface area contributed by atoms with Crippen LogP contribution in [0.15, 0.2) is 42.5 Å². The third kappa shape index (κ3) is 2.82. The Morgan fingerprint density at radius 1 is 1.00 bits per heavy atom. The summed E-state index contributed by atoms with van der Waals surface area (Å²) in [4.78, 5) is 23.8. The van der Waals surface area contributed by atoms with Crippen LogP contribution in [0.1, 0.15) is 5.69 Å². The van der Waals surface area contributed by atoms with Gasteiger partial charge in [0, 0.05) is 28.4 Å². The number of benzene rings is 2. The number of non-ortho nitro benzene ring substituents is 1. The van der Waals surface area contributed by atoms with Gasteiger partial charge in [0.25, 0.3) is 11.4 Å². The summed E-state index contributed by atoms with van der Waals surface area (Å²) in [5, 5.41) is 25.8. The molecule has 0 spiro atoms. The Morgan fingerprint density at radius 3 is 2.48 bits per heavy atom. The molecule has 23 heavy (non-hydrogen) atoms. The van der Waals surface area contributed by atoms with Gasteiger partial charge >= 0.3 is 0 Å². The molecule has 0 fully saturated rings. The maximum Gasteiger partial charge on any atom is 0.299 e. The highest BCUT2D eigenvalue weighted by Crippen LogP contribution is 2.32. The van der Waals surface area contributed by atoms with Crippen LogP contribution in [-0.4, -0.2) is 14.8 Å². The number of nitrogens with zero attached hydrogens (tertiary/aromatic N) is 2. The third-order valence-corrected chi connectivity index (χ3v) is 3.42. The Labute approximate surface area is 130 Å². The average Bonchev–Trinajstić information content (AvgIpc) is 2.86. The summed E-state index contributed by atoms with van der Waals surface area (Å²) >= 11 is 0. The van der Waals surface area contributed by atoms with Gasteiger partial charge in [-0.2, -0.15) is 0 Å². The summed E-state index contributed by atoms with van der Waals surface area (Å²) < 4.78 is 0. The van der Waals surface area contributed by atoms with Crippen molar-refractivity contribution >= 4 is 33.7 Å². The fourth-order valence-electron chi connectivity index (χ4n) is 2.40. The summed E-state index contributed by atoms with van der Waals surface area (Å²) in [5.74, 6) is 0. The van der Waals surface area contributed by atoms with E-state index in [1.165, 1.54) is 12.1 Å². The average molecular weight is 312 g/mol. The molecule has 116 valence electrons. The van der Waals surface area contributed by atoms with Crippen molar-refractivity contribution in [2.75, 3.05) is 5.32 Å². The number of hydrogen-bond donors (Lipinski definition) is 2. The SMILES string of the molecule is Cc1cc2cc(Nc3ccc([N+](=O)[O-])cc3[N+](=O)[O-])ccc2[nH]1. The zero-order valence-electron chi connectivity index (χ0n) is 12.1. The first-order valence-corrected chi connectivity index (χ1v) is 6.73. The van der Waals surface area contributed by atoms with Gasteiger partial charge in [-0.25, -0.2) is 0 Å². The van der Waals surface area contributed by atoms with E-state index in [2.05, 4.69) is 10.3 Å². The molecule has 8 nitrogen and oxygen atoms in total. The molecule has 1 heterocycles. The predicted octanol–water partition coefficient (Wildman–Crippen LogP) is 4.04. The van der Waals surface area contributed by atoms with E-state index in [1.807, 2.05) is 25.1 Å². The first-order chi connectivity index (χ1) is 10.9. The Hall–Kier alpha value is -3.42. The summed E-state index contributed by atoms with van der Waals surface area (Å²) in [7, 11) is 0. The van der Waals surface area contributed by atoms with E-state index in [-0.39, 0.29) is 17.1 Å². The largest absolute Gasteiger partial charge is 0.359 e. The van der Waals surface area contributed by atoms with Crippen molar-refractivity contribution in [2.45, 2.75) is 6.92 Å². The minimum atomic E-state index is -0.661. The van der Waals surface area contributed by atoms with Crippen LogP contribution in [0.3, 0.4) is 0 Å². The van der Waals surface area contributed by atoms with E-state index < -0.39 is 9.85 Å². The van der Waals surface area contributed by atoms with Crippen LogP contribution in [0, 0.1) is 27.2 Å². The molecule has 2 N–H and O–H groups in total. The van der Waals surface area contributed by atoms with Crippen molar-refractivity contribution in [2.24, 2.45) is 0 Å². The number of fused-ring (bicyclic) bond motifs is 1. The lowest BCUT2D eigenvalue weighted by molar-refractivity contribution is -0.393. The number of H-pyrrole nitrogens is 1. The summed E-state index contributed by atoms with van der Waals surface area (Å²) in [5.41, 5.74) is 2.17. The molecule has 0 aliphatic carbocycles. The molecule has 0 bridgehead atoms. The van der Waals surface area contributed by atoms with E-state index in [0.29, 0.717) is 5.69 Å². The van der Waals surface area contributed by atoms with Gasteiger partial charge < -0.3 is 10.3 Å². The van der Waals surface area contributed by atoms with Crippen molar-refractivity contribution in [3.8, 4) is 0 Å². The molecule has 0 aliphatic heterocycles. The van der Waals surface area contributed by atoms with E-state index in [1.54, 1.807) is 6.07 Å². The van der Waals surface area contributed by atoms with Gasteiger partial charge in [-0.15, -0.1) is 0 Å². The van der Waals surface area contributed by atoms with Crippen molar-refractivity contribution in [3.05, 3.63) is 68.4 Å². The van der Waals surface area contributed by atoms with Crippen LogP contribution < -0.4 is 5.32 Å². The number of aryl methyl sites for hydroxylation is 1. The Bertz CT molecular complexity index is 932. The molecule has 0 atom stereocenters. The molecular weight excluding hydrogens is 300 g/mol. The van der Waals surface area contributed by atoms with Gasteiger partial charge in [0.2, 0.25) is 0 Å². The van der Waals surface area contributed by atoms with Gasteiger partial charge in [0.1, 0.15) is 5.69 Å². The van der Waals surface area contributed by atoms with Gasteiger partial charge in [-0.1, -0.05) is 0 Å². The number of nitrogens with one attached hydrogen (secondary N) is 2. The number of rotatable bonds is 4. The smallest absolute Gasteiger partial charge is 0.299 e. The van der Waals surface area contributed by atoms with E-state index >= 15 is 0 Å². The fraction of sp³-hybridized carbons (Fsp3) is 0.0667. The first kappa shape index (κ1) is 14.5. The maximum atomic E-state index is 11.1. The fourth-order valence-corrected chi connectivity index (χ4v) is 2.40. The normalized spacial score (nSPS) is 10.7. The van der Waals surface area contributed by atoms with Crippen molar-refractivity contribution in [1.82, 2.24) is 4.98 Å². The van der Waals surface area contributed by atoms with Crippen LogP contribution in [0.25, 0.3) is 10.9 Å². The van der Waals surface area contributed by atoms with Gasteiger partial charge in [-0.05, 0) is 37.3 Å². The van der Waals surface area contributed by atoms with Gasteiger partial charge in [0.05, 0.1) is 15.9 Å². The Balaban J connectivity index is 2.00. The quantitative estimate of drug-likeness (QED) is 0.557. The molecule has 0 aliphatic rings. The highest BCUT2D eigenvalue weighted by Gasteiger charge is 2.19. The molecule has 2 aromatic carbocycles.